The van der Waals surface area contributed by atoms with Gasteiger partial charge in [0.15, 0.2) is 0 Å². The fraction of sp³-hybridized carbons (Fsp3) is 0.625. The van der Waals surface area contributed by atoms with Gasteiger partial charge < -0.3 is 4.90 Å². The monoisotopic (exact) mass is 263 g/mol. The molecule has 1 saturated carbocycles. The van der Waals surface area contributed by atoms with Crippen molar-refractivity contribution in [3.05, 3.63) is 35.4 Å². The zero-order valence-electron chi connectivity index (χ0n) is 11.2. The van der Waals surface area contributed by atoms with Gasteiger partial charge in [0.05, 0.1) is 0 Å². The van der Waals surface area contributed by atoms with Gasteiger partial charge in [-0.3, -0.25) is 0 Å². The first-order valence-corrected chi connectivity index (χ1v) is 7.62. The summed E-state index contributed by atoms with van der Waals surface area (Å²) in [5.41, 5.74) is 3.53. The van der Waals surface area contributed by atoms with Gasteiger partial charge in [0.1, 0.15) is 0 Å². The minimum Gasteiger partial charge on any atom is -0.303 e. The van der Waals surface area contributed by atoms with Crippen LogP contribution in [0.3, 0.4) is 0 Å². The number of rotatable bonds is 4. The standard InChI is InChI=1S/C16H22ClN/c1-13-3-5-14(6-4-13)15-11-16(15)7-10-18(12-16)9-2-8-17/h3-6,15H,2,7-12H2,1H3/t15?,16-/m0/s1. The number of alkyl halides is 1. The fourth-order valence-corrected chi connectivity index (χ4v) is 3.65. The normalized spacial score (nSPS) is 31.1. The van der Waals surface area contributed by atoms with Crippen LogP contribution in [0.1, 0.15) is 36.3 Å². The Labute approximate surface area is 115 Å². The van der Waals surface area contributed by atoms with Crippen molar-refractivity contribution >= 4 is 11.6 Å². The topological polar surface area (TPSA) is 3.24 Å². The van der Waals surface area contributed by atoms with Crippen molar-refractivity contribution in [2.45, 2.75) is 32.1 Å². The Bertz CT molecular complexity index is 414. The molecule has 1 nitrogen and oxygen atoms in total. The van der Waals surface area contributed by atoms with Crippen LogP contribution in [0.25, 0.3) is 0 Å². The summed E-state index contributed by atoms with van der Waals surface area (Å²) in [6, 6.07) is 9.16. The van der Waals surface area contributed by atoms with Gasteiger partial charge in [0, 0.05) is 12.4 Å². The van der Waals surface area contributed by atoms with Crippen molar-refractivity contribution in [3.63, 3.8) is 0 Å². The summed E-state index contributed by atoms with van der Waals surface area (Å²) in [6.45, 7) is 5.92. The lowest BCUT2D eigenvalue weighted by atomic mass is 9.98. The second-order valence-electron chi connectivity index (χ2n) is 6.10. The summed E-state index contributed by atoms with van der Waals surface area (Å²) in [5.74, 6) is 1.62. The van der Waals surface area contributed by atoms with Crippen LogP contribution < -0.4 is 0 Å². The molecule has 1 unspecified atom stereocenters. The Morgan fingerprint density at radius 2 is 2.11 bits per heavy atom. The highest BCUT2D eigenvalue weighted by atomic mass is 35.5. The van der Waals surface area contributed by atoms with Crippen LogP contribution in [0.5, 0.6) is 0 Å². The molecule has 1 aliphatic carbocycles. The lowest BCUT2D eigenvalue weighted by Gasteiger charge is -2.15. The number of halogens is 1. The highest BCUT2D eigenvalue weighted by Gasteiger charge is 2.57. The van der Waals surface area contributed by atoms with Crippen molar-refractivity contribution in [2.24, 2.45) is 5.41 Å². The van der Waals surface area contributed by atoms with Gasteiger partial charge in [-0.2, -0.15) is 0 Å². The van der Waals surface area contributed by atoms with Crippen molar-refractivity contribution < 1.29 is 0 Å². The molecule has 1 heterocycles. The summed E-state index contributed by atoms with van der Waals surface area (Å²) in [6.07, 6.45) is 3.91. The summed E-state index contributed by atoms with van der Waals surface area (Å²) < 4.78 is 0. The summed E-state index contributed by atoms with van der Waals surface area (Å²) in [7, 11) is 0. The maximum Gasteiger partial charge on any atom is 0.0235 e. The maximum absolute atomic E-state index is 5.78. The molecule has 0 aromatic heterocycles. The summed E-state index contributed by atoms with van der Waals surface area (Å²) in [4.78, 5) is 2.61. The predicted molar refractivity (Wildman–Crippen MR) is 77.4 cm³/mol. The number of nitrogens with zero attached hydrogens (tertiary/aromatic N) is 1. The van der Waals surface area contributed by atoms with Gasteiger partial charge in [-0.25, -0.2) is 0 Å². The van der Waals surface area contributed by atoms with Crippen LogP contribution in [-0.4, -0.2) is 30.4 Å². The van der Waals surface area contributed by atoms with E-state index >= 15 is 0 Å². The Morgan fingerprint density at radius 3 is 2.83 bits per heavy atom. The van der Waals surface area contributed by atoms with Crippen LogP contribution in [0.2, 0.25) is 0 Å². The first-order chi connectivity index (χ1) is 8.73. The summed E-state index contributed by atoms with van der Waals surface area (Å²) in [5, 5.41) is 0. The van der Waals surface area contributed by atoms with Gasteiger partial charge in [0.25, 0.3) is 0 Å². The Balaban J connectivity index is 1.61. The molecule has 2 fully saturated rings. The molecule has 1 aromatic carbocycles. The quantitative estimate of drug-likeness (QED) is 0.747. The average Bonchev–Trinajstić information content (AvgIpc) is 2.91. The molecule has 1 spiro atoms. The lowest BCUT2D eigenvalue weighted by molar-refractivity contribution is 0.319. The van der Waals surface area contributed by atoms with Gasteiger partial charge in [-0.05, 0) is 56.2 Å². The first-order valence-electron chi connectivity index (χ1n) is 7.08. The van der Waals surface area contributed by atoms with Crippen LogP contribution in [0, 0.1) is 12.3 Å². The number of benzene rings is 1. The van der Waals surface area contributed by atoms with E-state index in [1.165, 1.54) is 38.0 Å². The van der Waals surface area contributed by atoms with Crippen molar-refractivity contribution in [2.75, 3.05) is 25.5 Å². The lowest BCUT2D eigenvalue weighted by Crippen LogP contribution is -2.22. The van der Waals surface area contributed by atoms with Crippen LogP contribution in [-0.2, 0) is 0 Å². The van der Waals surface area contributed by atoms with Crippen molar-refractivity contribution in [3.8, 4) is 0 Å². The third kappa shape index (κ3) is 2.31. The molecule has 2 atom stereocenters. The molecule has 0 radical (unpaired) electrons. The number of hydrogen-bond donors (Lipinski definition) is 0. The van der Waals surface area contributed by atoms with E-state index in [0.29, 0.717) is 5.41 Å². The number of hydrogen-bond acceptors (Lipinski definition) is 1. The molecule has 1 aromatic rings. The molecule has 98 valence electrons. The number of aryl methyl sites for hydroxylation is 1. The molecule has 18 heavy (non-hydrogen) atoms. The highest BCUT2D eigenvalue weighted by Crippen LogP contribution is 2.64. The molecule has 1 saturated heterocycles. The van der Waals surface area contributed by atoms with Crippen LogP contribution >= 0.6 is 11.6 Å². The molecule has 2 heteroatoms. The Kier molecular flexibility index (Phi) is 3.38. The SMILES string of the molecule is Cc1ccc(C2C[C@]23CCN(CCCCl)C3)cc1. The molecule has 1 aliphatic heterocycles. The molecule has 0 N–H and O–H groups in total. The zero-order chi connectivity index (χ0) is 12.6. The van der Waals surface area contributed by atoms with Gasteiger partial charge in [-0.1, -0.05) is 29.8 Å². The Morgan fingerprint density at radius 1 is 1.33 bits per heavy atom. The fourth-order valence-electron chi connectivity index (χ4n) is 3.53. The molecule has 2 aliphatic rings. The summed E-state index contributed by atoms with van der Waals surface area (Å²) >= 11 is 5.78. The van der Waals surface area contributed by atoms with E-state index in [4.69, 9.17) is 11.6 Å². The molecule has 0 amide bonds. The van der Waals surface area contributed by atoms with E-state index < -0.39 is 0 Å². The van der Waals surface area contributed by atoms with E-state index in [9.17, 15) is 0 Å². The smallest absolute Gasteiger partial charge is 0.0235 e. The maximum atomic E-state index is 5.78. The predicted octanol–water partition coefficient (Wildman–Crippen LogP) is 3.80. The van der Waals surface area contributed by atoms with E-state index in [1.807, 2.05) is 0 Å². The van der Waals surface area contributed by atoms with Gasteiger partial charge >= 0.3 is 0 Å². The molecular weight excluding hydrogens is 242 g/mol. The van der Waals surface area contributed by atoms with Gasteiger partial charge in [0.2, 0.25) is 0 Å². The third-order valence-electron chi connectivity index (χ3n) is 4.74. The first kappa shape index (κ1) is 12.5. The van der Waals surface area contributed by atoms with Crippen LogP contribution in [0.4, 0.5) is 0 Å². The minimum atomic E-state index is 0.613. The third-order valence-corrected chi connectivity index (χ3v) is 5.01. The zero-order valence-corrected chi connectivity index (χ0v) is 11.9. The van der Waals surface area contributed by atoms with Crippen molar-refractivity contribution in [1.29, 1.82) is 0 Å². The molecular formula is C16H22ClN. The van der Waals surface area contributed by atoms with E-state index in [2.05, 4.69) is 36.1 Å². The van der Waals surface area contributed by atoms with E-state index in [-0.39, 0.29) is 0 Å². The molecule has 3 rings (SSSR count). The second-order valence-corrected chi connectivity index (χ2v) is 6.48. The average molecular weight is 264 g/mol. The van der Waals surface area contributed by atoms with Crippen molar-refractivity contribution in [1.82, 2.24) is 4.90 Å². The highest BCUT2D eigenvalue weighted by molar-refractivity contribution is 6.17. The van der Waals surface area contributed by atoms with Gasteiger partial charge in [-0.15, -0.1) is 11.6 Å². The minimum absolute atomic E-state index is 0.613. The van der Waals surface area contributed by atoms with E-state index in [1.54, 1.807) is 5.56 Å². The van der Waals surface area contributed by atoms with E-state index in [0.717, 1.165) is 18.2 Å². The Hall–Kier alpha value is -0.530. The molecule has 0 bridgehead atoms. The van der Waals surface area contributed by atoms with Crippen LogP contribution in [0.15, 0.2) is 24.3 Å². The largest absolute Gasteiger partial charge is 0.303 e. The number of likely N-dealkylation sites (tertiary alicyclic amines) is 1. The second kappa shape index (κ2) is 4.86.